The molecule has 1 rings (SSSR count). The van der Waals surface area contributed by atoms with Crippen LogP contribution in [0.15, 0.2) is 0 Å². The Morgan fingerprint density at radius 3 is 2.63 bits per heavy atom. The molecule has 1 fully saturated rings. The van der Waals surface area contributed by atoms with Gasteiger partial charge in [-0.2, -0.15) is 0 Å². The van der Waals surface area contributed by atoms with Gasteiger partial charge in [-0.25, -0.2) is 0 Å². The smallest absolute Gasteiger partial charge is 0.220 e. The fraction of sp³-hybridized carbons (Fsp3) is 0.923. The Bertz CT molecular complexity index is 234. The van der Waals surface area contributed by atoms with Crippen molar-refractivity contribution in [1.82, 2.24) is 15.5 Å². The Balaban J connectivity index is 0. The maximum atomic E-state index is 11.6. The van der Waals surface area contributed by atoms with E-state index in [0.29, 0.717) is 18.5 Å². The molecule has 19 heavy (non-hydrogen) atoms. The lowest BCUT2D eigenvalue weighted by Crippen LogP contribution is -2.36. The highest BCUT2D eigenvalue weighted by Crippen LogP contribution is 2.10. The topological polar surface area (TPSA) is 44.4 Å². The van der Waals surface area contributed by atoms with Crippen LogP contribution in [0.1, 0.15) is 39.5 Å². The van der Waals surface area contributed by atoms with Crippen molar-refractivity contribution in [3.05, 3.63) is 0 Å². The van der Waals surface area contributed by atoms with E-state index >= 15 is 0 Å². The molecule has 0 aromatic heterocycles. The van der Waals surface area contributed by atoms with Crippen molar-refractivity contribution in [3.8, 4) is 0 Å². The normalized spacial score (nSPS) is 18.1. The van der Waals surface area contributed by atoms with Crippen LogP contribution in [-0.4, -0.2) is 49.6 Å². The summed E-state index contributed by atoms with van der Waals surface area (Å²) in [6.07, 6.45) is 4.11. The molecule has 1 aliphatic heterocycles. The number of likely N-dealkylation sites (N-methyl/N-ethyl adjacent to an activating group) is 1. The number of amides is 1. The van der Waals surface area contributed by atoms with Gasteiger partial charge in [0.05, 0.1) is 0 Å². The number of nitrogens with zero attached hydrogens (tertiary/aromatic N) is 1. The first-order valence-electron chi connectivity index (χ1n) is 6.80. The molecule has 0 aliphatic carbocycles. The number of rotatable bonds is 7. The van der Waals surface area contributed by atoms with Crippen molar-refractivity contribution in [3.63, 3.8) is 0 Å². The first-order chi connectivity index (χ1) is 8.09. The predicted octanol–water partition coefficient (Wildman–Crippen LogP) is 1.82. The third-order valence-corrected chi connectivity index (χ3v) is 3.55. The van der Waals surface area contributed by atoms with Crippen molar-refractivity contribution in [2.75, 3.05) is 26.7 Å². The molecule has 2 N–H and O–H groups in total. The minimum absolute atomic E-state index is 0. The Morgan fingerprint density at radius 2 is 2.11 bits per heavy atom. The Kier molecular flexibility index (Phi) is 13.2. The molecule has 0 saturated carbocycles. The molecule has 1 aliphatic rings. The van der Waals surface area contributed by atoms with Gasteiger partial charge in [0.25, 0.3) is 0 Å². The molecule has 0 aromatic rings. The number of halogens is 2. The molecule has 1 atom stereocenters. The highest BCUT2D eigenvalue weighted by atomic mass is 35.5. The van der Waals surface area contributed by atoms with Crippen LogP contribution >= 0.6 is 24.8 Å². The first kappa shape index (κ1) is 21.3. The monoisotopic (exact) mass is 313 g/mol. The summed E-state index contributed by atoms with van der Waals surface area (Å²) >= 11 is 0. The average molecular weight is 314 g/mol. The van der Waals surface area contributed by atoms with Gasteiger partial charge in [-0.1, -0.05) is 0 Å². The minimum atomic E-state index is 0. The first-order valence-corrected chi connectivity index (χ1v) is 6.80. The Labute approximate surface area is 129 Å². The lowest BCUT2D eigenvalue weighted by Gasteiger charge is -2.21. The van der Waals surface area contributed by atoms with Gasteiger partial charge in [0, 0.05) is 31.6 Å². The van der Waals surface area contributed by atoms with Crippen molar-refractivity contribution in [2.45, 2.75) is 51.6 Å². The van der Waals surface area contributed by atoms with Crippen molar-refractivity contribution in [2.24, 2.45) is 0 Å². The van der Waals surface area contributed by atoms with E-state index in [2.05, 4.69) is 36.4 Å². The summed E-state index contributed by atoms with van der Waals surface area (Å²) in [4.78, 5) is 13.8. The van der Waals surface area contributed by atoms with Gasteiger partial charge < -0.3 is 15.5 Å². The van der Waals surface area contributed by atoms with E-state index in [9.17, 15) is 4.79 Å². The van der Waals surface area contributed by atoms with Crippen LogP contribution in [0.25, 0.3) is 0 Å². The Morgan fingerprint density at radius 1 is 1.42 bits per heavy atom. The molecule has 4 nitrogen and oxygen atoms in total. The van der Waals surface area contributed by atoms with Crippen molar-refractivity contribution in [1.29, 1.82) is 0 Å². The number of nitrogens with one attached hydrogen (secondary N) is 2. The molecule has 116 valence electrons. The number of hydrogen-bond acceptors (Lipinski definition) is 3. The lowest BCUT2D eigenvalue weighted by molar-refractivity contribution is -0.121. The van der Waals surface area contributed by atoms with Gasteiger partial charge in [-0.15, -0.1) is 24.8 Å². The fourth-order valence-electron chi connectivity index (χ4n) is 2.03. The molecule has 0 aromatic carbocycles. The second-order valence-corrected chi connectivity index (χ2v) is 5.26. The zero-order valence-corrected chi connectivity index (χ0v) is 13.9. The highest BCUT2D eigenvalue weighted by molar-refractivity contribution is 5.85. The molecule has 1 amide bonds. The summed E-state index contributed by atoms with van der Waals surface area (Å²) in [5.74, 6) is 0.191. The van der Waals surface area contributed by atoms with E-state index in [-0.39, 0.29) is 30.7 Å². The molecule has 0 bridgehead atoms. The number of hydrogen-bond donors (Lipinski definition) is 2. The summed E-state index contributed by atoms with van der Waals surface area (Å²) in [5, 5.41) is 6.40. The van der Waals surface area contributed by atoms with Gasteiger partial charge in [-0.05, 0) is 46.7 Å². The van der Waals surface area contributed by atoms with E-state index in [1.165, 1.54) is 12.8 Å². The summed E-state index contributed by atoms with van der Waals surface area (Å²) in [5.41, 5.74) is 0. The van der Waals surface area contributed by atoms with Gasteiger partial charge >= 0.3 is 0 Å². The van der Waals surface area contributed by atoms with Crippen LogP contribution in [0, 0.1) is 0 Å². The maximum Gasteiger partial charge on any atom is 0.220 e. The van der Waals surface area contributed by atoms with Crippen molar-refractivity contribution >= 4 is 30.7 Å². The standard InChI is InChI=1S/C13H27N3O.2ClH/c1-11(2)16(3)10-9-15-13(17)7-6-12-5-4-8-14-12;;/h11-12,14H,4-10H2,1-3H3,(H,15,17);2*1H. The maximum absolute atomic E-state index is 11.6. The second-order valence-electron chi connectivity index (χ2n) is 5.26. The lowest BCUT2D eigenvalue weighted by atomic mass is 10.1. The molecule has 1 heterocycles. The van der Waals surface area contributed by atoms with Crippen LogP contribution in [0.3, 0.4) is 0 Å². The second kappa shape index (κ2) is 11.8. The fourth-order valence-corrected chi connectivity index (χ4v) is 2.03. The van der Waals surface area contributed by atoms with E-state index in [4.69, 9.17) is 0 Å². The third kappa shape index (κ3) is 9.50. The van der Waals surface area contributed by atoms with Gasteiger partial charge in [-0.3, -0.25) is 4.79 Å². The molecular weight excluding hydrogens is 285 g/mol. The SMILES string of the molecule is CC(C)N(C)CCNC(=O)CCC1CCCN1.Cl.Cl. The highest BCUT2D eigenvalue weighted by Gasteiger charge is 2.15. The zero-order chi connectivity index (χ0) is 12.7. The minimum Gasteiger partial charge on any atom is -0.355 e. The summed E-state index contributed by atoms with van der Waals surface area (Å²) < 4.78 is 0. The van der Waals surface area contributed by atoms with E-state index in [1.54, 1.807) is 0 Å². The molecular formula is C13H29Cl2N3O. The van der Waals surface area contributed by atoms with E-state index in [0.717, 1.165) is 26.1 Å². The quantitative estimate of drug-likeness (QED) is 0.753. The number of carbonyl (C=O) groups excluding carboxylic acids is 1. The van der Waals surface area contributed by atoms with Crippen LogP contribution in [0.5, 0.6) is 0 Å². The third-order valence-electron chi connectivity index (χ3n) is 3.55. The van der Waals surface area contributed by atoms with Crippen LogP contribution in [0.2, 0.25) is 0 Å². The summed E-state index contributed by atoms with van der Waals surface area (Å²) in [6.45, 7) is 7.11. The summed E-state index contributed by atoms with van der Waals surface area (Å²) in [6, 6.07) is 1.11. The molecule has 6 heteroatoms. The zero-order valence-electron chi connectivity index (χ0n) is 12.3. The predicted molar refractivity (Wildman–Crippen MR) is 85.5 cm³/mol. The van der Waals surface area contributed by atoms with Gasteiger partial charge in [0.1, 0.15) is 0 Å². The van der Waals surface area contributed by atoms with E-state index < -0.39 is 0 Å². The average Bonchev–Trinajstić information content (AvgIpc) is 2.78. The van der Waals surface area contributed by atoms with Gasteiger partial charge in [0.2, 0.25) is 5.91 Å². The molecule has 1 unspecified atom stereocenters. The summed E-state index contributed by atoms with van der Waals surface area (Å²) in [7, 11) is 2.08. The van der Waals surface area contributed by atoms with Crippen LogP contribution in [-0.2, 0) is 4.79 Å². The Hall–Kier alpha value is -0.0300. The van der Waals surface area contributed by atoms with Crippen LogP contribution < -0.4 is 10.6 Å². The molecule has 0 radical (unpaired) electrons. The van der Waals surface area contributed by atoms with E-state index in [1.807, 2.05) is 0 Å². The number of carbonyl (C=O) groups is 1. The molecule has 1 saturated heterocycles. The largest absolute Gasteiger partial charge is 0.355 e. The molecule has 0 spiro atoms. The van der Waals surface area contributed by atoms with Crippen LogP contribution in [0.4, 0.5) is 0 Å². The van der Waals surface area contributed by atoms with Gasteiger partial charge in [0.15, 0.2) is 0 Å². The van der Waals surface area contributed by atoms with Crippen molar-refractivity contribution < 1.29 is 4.79 Å².